The van der Waals surface area contributed by atoms with Crippen LogP contribution in [0, 0.1) is 18.8 Å². The van der Waals surface area contributed by atoms with Gasteiger partial charge in [0.1, 0.15) is 6.61 Å². The van der Waals surface area contributed by atoms with Gasteiger partial charge in [-0.3, -0.25) is 14.4 Å². The van der Waals surface area contributed by atoms with Gasteiger partial charge in [-0.05, 0) is 54.9 Å². The fraction of sp³-hybridized carbons (Fsp3) is 0.565. The fourth-order valence-corrected chi connectivity index (χ4v) is 5.10. The van der Waals surface area contributed by atoms with E-state index in [2.05, 4.69) is 39.9 Å². The lowest BCUT2D eigenvalue weighted by Gasteiger charge is -2.38. The molecule has 4 atom stereocenters. The number of nitrogens with zero attached hydrogens (tertiary/aromatic N) is 4. The van der Waals surface area contributed by atoms with Crippen molar-refractivity contribution in [2.24, 2.45) is 11.8 Å². The highest BCUT2D eigenvalue weighted by molar-refractivity contribution is 6.30. The second-order valence-corrected chi connectivity index (χ2v) is 9.45. The first kappa shape index (κ1) is 21.3. The number of likely N-dealkylation sites (tertiary alicyclic amines) is 1. The van der Waals surface area contributed by atoms with Crippen molar-refractivity contribution in [2.45, 2.75) is 38.5 Å². The number of likely N-dealkylation sites (N-methyl/N-ethyl adjacent to an activating group) is 1. The van der Waals surface area contributed by atoms with Gasteiger partial charge in [-0.15, -0.1) is 0 Å². The van der Waals surface area contributed by atoms with Crippen LogP contribution in [0.4, 0.5) is 0 Å². The largest absolute Gasteiger partial charge is 0.366 e. The minimum absolute atomic E-state index is 0.000528. The van der Waals surface area contributed by atoms with Crippen molar-refractivity contribution >= 4 is 17.5 Å². The standard InChI is InChI=1S/C23H31ClN4O2/c1-16-10-25-28(11-16)21-8-18-13-27(12-17-5-4-6-20(24)7-17)14-19(18)9-22(21)30-15-23(29)26(2)3/h4-7,10-11,18-19,21-22H,8-9,12-15H2,1-3H3/t18-,19+,21-,22-/m0/s1. The summed E-state index contributed by atoms with van der Waals surface area (Å²) in [6.07, 6.45) is 5.97. The SMILES string of the molecule is Cc1cnn([C@H]2C[C@H]3CN(Cc4cccc(Cl)c4)C[C@H]3C[C@@H]2OCC(=O)N(C)C)c1. The Labute approximate surface area is 183 Å². The van der Waals surface area contributed by atoms with Gasteiger partial charge in [0.25, 0.3) is 0 Å². The molecule has 6 nitrogen and oxygen atoms in total. The first-order valence-electron chi connectivity index (χ1n) is 10.7. The number of hydrogen-bond acceptors (Lipinski definition) is 4. The Hall–Kier alpha value is -1.89. The number of carbonyl (C=O) groups excluding carboxylic acids is 1. The highest BCUT2D eigenvalue weighted by atomic mass is 35.5. The van der Waals surface area contributed by atoms with E-state index in [1.54, 1.807) is 19.0 Å². The lowest BCUT2D eigenvalue weighted by molar-refractivity contribution is -0.138. The van der Waals surface area contributed by atoms with Gasteiger partial charge in [0, 0.05) is 44.9 Å². The number of rotatable bonds is 6. The first-order valence-corrected chi connectivity index (χ1v) is 11.1. The summed E-state index contributed by atoms with van der Waals surface area (Å²) in [5, 5.41) is 5.36. The molecule has 30 heavy (non-hydrogen) atoms. The Bertz CT molecular complexity index is 884. The summed E-state index contributed by atoms with van der Waals surface area (Å²) in [6, 6.07) is 8.30. The molecule has 0 spiro atoms. The van der Waals surface area contributed by atoms with E-state index < -0.39 is 0 Å². The Morgan fingerprint density at radius 1 is 1.27 bits per heavy atom. The zero-order valence-corrected chi connectivity index (χ0v) is 18.8. The molecule has 1 aliphatic heterocycles. The van der Waals surface area contributed by atoms with Crippen LogP contribution < -0.4 is 0 Å². The molecular weight excluding hydrogens is 400 g/mol. The van der Waals surface area contributed by atoms with Crippen LogP contribution in [-0.4, -0.2) is 65.4 Å². The van der Waals surface area contributed by atoms with Crippen LogP contribution in [0.5, 0.6) is 0 Å². The lowest BCUT2D eigenvalue weighted by Crippen LogP contribution is -2.40. The maximum absolute atomic E-state index is 12.1. The summed E-state index contributed by atoms with van der Waals surface area (Å²) in [4.78, 5) is 16.2. The van der Waals surface area contributed by atoms with Crippen LogP contribution in [0.3, 0.4) is 0 Å². The average Bonchev–Trinajstić information content (AvgIpc) is 3.30. The second-order valence-electron chi connectivity index (χ2n) is 9.02. The summed E-state index contributed by atoms with van der Waals surface area (Å²) in [6.45, 7) is 5.24. The molecule has 2 fully saturated rings. The Balaban J connectivity index is 1.46. The van der Waals surface area contributed by atoms with Gasteiger partial charge in [-0.2, -0.15) is 5.10 Å². The summed E-state index contributed by atoms with van der Waals surface area (Å²) < 4.78 is 8.22. The Kier molecular flexibility index (Phi) is 6.46. The molecule has 0 radical (unpaired) electrons. The number of ether oxygens (including phenoxy) is 1. The molecular formula is C23H31ClN4O2. The second kappa shape index (κ2) is 9.08. The Morgan fingerprint density at radius 2 is 2.03 bits per heavy atom. The van der Waals surface area contributed by atoms with Crippen LogP contribution in [0.1, 0.15) is 30.0 Å². The molecule has 1 saturated heterocycles. The van der Waals surface area contributed by atoms with Crippen molar-refractivity contribution in [1.82, 2.24) is 19.6 Å². The van der Waals surface area contributed by atoms with Gasteiger partial charge in [-0.25, -0.2) is 0 Å². The van der Waals surface area contributed by atoms with E-state index in [1.807, 2.05) is 18.3 Å². The predicted octanol–water partition coefficient (Wildman–Crippen LogP) is 3.40. The molecule has 1 saturated carbocycles. The number of aryl methyl sites for hydroxylation is 1. The van der Waals surface area contributed by atoms with Crippen LogP contribution in [-0.2, 0) is 16.1 Å². The third-order valence-corrected chi connectivity index (χ3v) is 6.68. The molecule has 0 bridgehead atoms. The van der Waals surface area contributed by atoms with Crippen LogP contribution in [0.15, 0.2) is 36.7 Å². The van der Waals surface area contributed by atoms with Gasteiger partial charge in [0.15, 0.2) is 0 Å². The number of aromatic nitrogens is 2. The third-order valence-electron chi connectivity index (χ3n) is 6.45. The monoisotopic (exact) mass is 430 g/mol. The summed E-state index contributed by atoms with van der Waals surface area (Å²) in [7, 11) is 3.53. The van der Waals surface area contributed by atoms with Crippen molar-refractivity contribution < 1.29 is 9.53 Å². The molecule has 2 aliphatic rings. The van der Waals surface area contributed by atoms with Crippen LogP contribution in [0.2, 0.25) is 5.02 Å². The van der Waals surface area contributed by atoms with E-state index >= 15 is 0 Å². The molecule has 1 amide bonds. The van der Waals surface area contributed by atoms with E-state index in [0.29, 0.717) is 11.8 Å². The van der Waals surface area contributed by atoms with Crippen LogP contribution in [0.25, 0.3) is 0 Å². The first-order chi connectivity index (χ1) is 14.4. The lowest BCUT2D eigenvalue weighted by atomic mass is 9.77. The van der Waals surface area contributed by atoms with Crippen molar-refractivity contribution in [1.29, 1.82) is 0 Å². The molecule has 0 unspecified atom stereocenters. The highest BCUT2D eigenvalue weighted by Crippen LogP contribution is 2.42. The maximum Gasteiger partial charge on any atom is 0.248 e. The topological polar surface area (TPSA) is 50.6 Å². The van der Waals surface area contributed by atoms with Gasteiger partial charge in [-0.1, -0.05) is 23.7 Å². The van der Waals surface area contributed by atoms with Crippen LogP contribution >= 0.6 is 11.6 Å². The number of benzene rings is 1. The number of amides is 1. The molecule has 162 valence electrons. The zero-order valence-electron chi connectivity index (χ0n) is 18.0. The fourth-order valence-electron chi connectivity index (χ4n) is 4.89. The van der Waals surface area contributed by atoms with Gasteiger partial charge in [0.2, 0.25) is 5.91 Å². The maximum atomic E-state index is 12.1. The van der Waals surface area contributed by atoms with Gasteiger partial charge in [0.05, 0.1) is 18.3 Å². The molecule has 2 aromatic rings. The number of halogens is 1. The summed E-state index contributed by atoms with van der Waals surface area (Å²) in [5.74, 6) is 1.20. The minimum atomic E-state index is 0.000528. The molecule has 4 rings (SSSR count). The zero-order chi connectivity index (χ0) is 21.3. The van der Waals surface area contributed by atoms with E-state index in [9.17, 15) is 4.79 Å². The smallest absolute Gasteiger partial charge is 0.248 e. The molecule has 7 heteroatoms. The molecule has 1 aliphatic carbocycles. The molecule has 1 aromatic heterocycles. The molecule has 0 N–H and O–H groups in total. The normalized spacial score (nSPS) is 26.5. The summed E-state index contributed by atoms with van der Waals surface area (Å²) >= 11 is 6.17. The van der Waals surface area contributed by atoms with Crippen molar-refractivity contribution in [3.05, 3.63) is 52.8 Å². The van der Waals surface area contributed by atoms with Gasteiger partial charge >= 0.3 is 0 Å². The molecule has 2 heterocycles. The predicted molar refractivity (Wildman–Crippen MR) is 117 cm³/mol. The van der Waals surface area contributed by atoms with E-state index in [0.717, 1.165) is 43.1 Å². The number of hydrogen-bond donors (Lipinski definition) is 0. The Morgan fingerprint density at radius 3 is 2.70 bits per heavy atom. The number of carbonyl (C=O) groups is 1. The average molecular weight is 431 g/mol. The summed E-state index contributed by atoms with van der Waals surface area (Å²) in [5.41, 5.74) is 2.40. The minimum Gasteiger partial charge on any atom is -0.366 e. The highest BCUT2D eigenvalue weighted by Gasteiger charge is 2.43. The quantitative estimate of drug-likeness (QED) is 0.704. The molecule has 1 aromatic carbocycles. The van der Waals surface area contributed by atoms with Crippen molar-refractivity contribution in [3.8, 4) is 0 Å². The van der Waals surface area contributed by atoms with Crippen molar-refractivity contribution in [2.75, 3.05) is 33.8 Å². The van der Waals surface area contributed by atoms with E-state index in [1.165, 1.54) is 5.56 Å². The van der Waals surface area contributed by atoms with Gasteiger partial charge < -0.3 is 9.64 Å². The van der Waals surface area contributed by atoms with E-state index in [4.69, 9.17) is 16.3 Å². The number of fused-ring (bicyclic) bond motifs is 1. The van der Waals surface area contributed by atoms with E-state index in [-0.39, 0.29) is 24.7 Å². The van der Waals surface area contributed by atoms with Crippen molar-refractivity contribution in [3.63, 3.8) is 0 Å². The third kappa shape index (κ3) is 4.88.